The lowest BCUT2D eigenvalue weighted by Gasteiger charge is -2.20. The standard InChI is InChI=1S/C20H16F7N5O3/c1-31(15-4-6-32-17(30-15)13(9-29-32)16(33)19(22,23)24)10-11-8-12(21)2-3-14(11)35-7-5-28-18(34)20(25,26)27/h2-4,6,8-9H,5,7,10H2,1H3,(H,28,34). The average molecular weight is 507 g/mol. The van der Waals surface area contributed by atoms with Crippen LogP contribution in [0.1, 0.15) is 15.9 Å². The quantitative estimate of drug-likeness (QED) is 0.286. The Hall–Kier alpha value is -3.91. The molecular formula is C20H16F7N5O3. The second kappa shape index (κ2) is 9.76. The molecule has 0 saturated heterocycles. The fourth-order valence-electron chi connectivity index (χ4n) is 2.96. The number of rotatable bonds is 8. The summed E-state index contributed by atoms with van der Waals surface area (Å²) in [5.74, 6) is -4.69. The number of carbonyl (C=O) groups is 2. The highest BCUT2D eigenvalue weighted by Gasteiger charge is 2.41. The zero-order chi connectivity index (χ0) is 26.0. The van der Waals surface area contributed by atoms with Crippen molar-refractivity contribution in [3.8, 4) is 5.75 Å². The molecule has 0 bridgehead atoms. The second-order valence-electron chi connectivity index (χ2n) is 7.15. The Morgan fingerprint density at radius 2 is 1.83 bits per heavy atom. The number of hydrogen-bond donors (Lipinski definition) is 1. The first kappa shape index (κ1) is 25.7. The molecule has 2 heterocycles. The number of carbonyl (C=O) groups excluding carboxylic acids is 2. The number of alkyl halides is 6. The molecule has 0 aliphatic carbocycles. The topological polar surface area (TPSA) is 88.8 Å². The van der Waals surface area contributed by atoms with E-state index in [1.807, 2.05) is 0 Å². The second-order valence-corrected chi connectivity index (χ2v) is 7.15. The minimum atomic E-state index is -5.12. The number of nitrogens with zero attached hydrogens (tertiary/aromatic N) is 4. The molecule has 0 radical (unpaired) electrons. The van der Waals surface area contributed by atoms with E-state index >= 15 is 0 Å². The van der Waals surface area contributed by atoms with Crippen LogP contribution in [0, 0.1) is 5.82 Å². The third-order valence-electron chi connectivity index (χ3n) is 4.58. The summed E-state index contributed by atoms with van der Waals surface area (Å²) in [6.45, 7) is -0.907. The van der Waals surface area contributed by atoms with Crippen LogP contribution >= 0.6 is 0 Å². The van der Waals surface area contributed by atoms with Crippen molar-refractivity contribution < 1.29 is 45.1 Å². The van der Waals surface area contributed by atoms with Crippen LogP contribution in [0.25, 0.3) is 5.65 Å². The molecule has 35 heavy (non-hydrogen) atoms. The van der Waals surface area contributed by atoms with E-state index in [1.54, 1.807) is 5.32 Å². The predicted octanol–water partition coefficient (Wildman–Crippen LogP) is 3.31. The summed E-state index contributed by atoms with van der Waals surface area (Å²) < 4.78 is 95.4. The number of aromatic nitrogens is 3. The summed E-state index contributed by atoms with van der Waals surface area (Å²) in [7, 11) is 1.48. The smallest absolute Gasteiger partial charge is 0.471 e. The number of ether oxygens (including phenoxy) is 1. The average Bonchev–Trinajstić information content (AvgIpc) is 3.18. The lowest BCUT2D eigenvalue weighted by molar-refractivity contribution is -0.173. The van der Waals surface area contributed by atoms with Crippen LogP contribution in [0.5, 0.6) is 5.75 Å². The highest BCUT2D eigenvalue weighted by molar-refractivity contribution is 6.04. The first-order valence-electron chi connectivity index (χ1n) is 9.70. The van der Waals surface area contributed by atoms with Gasteiger partial charge in [0.1, 0.15) is 24.0 Å². The van der Waals surface area contributed by atoms with E-state index in [9.17, 15) is 40.3 Å². The van der Waals surface area contributed by atoms with Crippen LogP contribution in [0.15, 0.2) is 36.7 Å². The minimum absolute atomic E-state index is 0.0815. The number of fused-ring (bicyclic) bond motifs is 1. The van der Waals surface area contributed by atoms with Crippen LogP contribution < -0.4 is 15.0 Å². The van der Waals surface area contributed by atoms with Gasteiger partial charge in [0, 0.05) is 25.4 Å². The van der Waals surface area contributed by atoms with Gasteiger partial charge in [-0.1, -0.05) is 0 Å². The maximum Gasteiger partial charge on any atom is 0.471 e. The van der Waals surface area contributed by atoms with Gasteiger partial charge in [-0.2, -0.15) is 31.4 Å². The molecule has 8 nitrogen and oxygen atoms in total. The van der Waals surface area contributed by atoms with Gasteiger partial charge in [-0.15, -0.1) is 0 Å². The highest BCUT2D eigenvalue weighted by Crippen LogP contribution is 2.26. The van der Waals surface area contributed by atoms with Crippen molar-refractivity contribution in [2.45, 2.75) is 18.9 Å². The number of anilines is 1. The Kier molecular flexibility index (Phi) is 7.17. The SMILES string of the molecule is CN(Cc1cc(F)ccc1OCCNC(=O)C(F)(F)F)c1ccn2ncc(C(=O)C(F)(F)F)c2n1. The number of ketones is 1. The molecule has 188 valence electrons. The molecule has 0 saturated carbocycles. The third-order valence-corrected chi connectivity index (χ3v) is 4.58. The van der Waals surface area contributed by atoms with Gasteiger partial charge in [-0.05, 0) is 24.3 Å². The van der Waals surface area contributed by atoms with Gasteiger partial charge in [0.05, 0.1) is 18.3 Å². The van der Waals surface area contributed by atoms with Crippen molar-refractivity contribution in [2.75, 3.05) is 25.1 Å². The molecule has 0 aliphatic rings. The largest absolute Gasteiger partial charge is 0.491 e. The normalized spacial score (nSPS) is 12.0. The van der Waals surface area contributed by atoms with E-state index < -0.39 is 42.0 Å². The van der Waals surface area contributed by atoms with E-state index in [4.69, 9.17) is 4.74 Å². The summed E-state index contributed by atoms with van der Waals surface area (Å²) in [5, 5.41) is 5.31. The zero-order valence-electron chi connectivity index (χ0n) is 17.7. The Bertz CT molecular complexity index is 1240. The molecule has 0 atom stereocenters. The van der Waals surface area contributed by atoms with Crippen molar-refractivity contribution in [1.29, 1.82) is 0 Å². The van der Waals surface area contributed by atoms with E-state index in [-0.39, 0.29) is 35.9 Å². The monoisotopic (exact) mass is 507 g/mol. The number of halogens is 7. The Balaban J connectivity index is 1.76. The number of benzene rings is 1. The molecule has 3 aromatic rings. The van der Waals surface area contributed by atoms with Gasteiger partial charge >= 0.3 is 18.3 Å². The maximum absolute atomic E-state index is 13.8. The summed E-state index contributed by atoms with van der Waals surface area (Å²) in [5.41, 5.74) is -0.854. The van der Waals surface area contributed by atoms with Crippen molar-refractivity contribution in [2.24, 2.45) is 0 Å². The van der Waals surface area contributed by atoms with Crippen molar-refractivity contribution >= 4 is 23.2 Å². The Labute approximate surface area is 192 Å². The van der Waals surface area contributed by atoms with Gasteiger partial charge in [-0.3, -0.25) is 9.59 Å². The summed E-state index contributed by atoms with van der Waals surface area (Å²) in [6.07, 6.45) is -8.13. The van der Waals surface area contributed by atoms with E-state index in [2.05, 4.69) is 10.1 Å². The summed E-state index contributed by atoms with van der Waals surface area (Å²) in [6, 6.07) is 4.78. The fourth-order valence-corrected chi connectivity index (χ4v) is 2.96. The number of nitrogens with one attached hydrogen (secondary N) is 1. The molecule has 0 spiro atoms. The van der Waals surface area contributed by atoms with E-state index in [0.29, 0.717) is 0 Å². The highest BCUT2D eigenvalue weighted by atomic mass is 19.4. The molecule has 3 rings (SSSR count). The molecule has 0 fully saturated rings. The number of amides is 1. The van der Waals surface area contributed by atoms with Gasteiger partial charge in [0.2, 0.25) is 0 Å². The van der Waals surface area contributed by atoms with Gasteiger partial charge in [0.25, 0.3) is 5.78 Å². The molecule has 1 aromatic carbocycles. The van der Waals surface area contributed by atoms with Crippen molar-refractivity contribution in [3.05, 3.63) is 53.6 Å². The fraction of sp³-hybridized carbons (Fsp3) is 0.300. The molecule has 2 aromatic heterocycles. The first-order chi connectivity index (χ1) is 16.3. The van der Waals surface area contributed by atoms with Crippen LogP contribution in [0.3, 0.4) is 0 Å². The van der Waals surface area contributed by atoms with Gasteiger partial charge in [0.15, 0.2) is 5.65 Å². The van der Waals surface area contributed by atoms with E-state index in [0.717, 1.165) is 22.8 Å². The summed E-state index contributed by atoms with van der Waals surface area (Å²) in [4.78, 5) is 28.0. The van der Waals surface area contributed by atoms with Crippen LogP contribution in [-0.4, -0.2) is 58.8 Å². The third kappa shape index (κ3) is 6.16. The van der Waals surface area contributed by atoms with Crippen molar-refractivity contribution in [3.63, 3.8) is 0 Å². The molecule has 0 unspecified atom stereocenters. The maximum atomic E-state index is 13.8. The van der Waals surface area contributed by atoms with E-state index in [1.165, 1.54) is 30.3 Å². The molecule has 15 heteroatoms. The Morgan fingerprint density at radius 3 is 2.49 bits per heavy atom. The number of hydrogen-bond acceptors (Lipinski definition) is 6. The van der Waals surface area contributed by atoms with Crippen LogP contribution in [0.4, 0.5) is 36.6 Å². The Morgan fingerprint density at radius 1 is 1.11 bits per heavy atom. The molecule has 1 N–H and O–H groups in total. The van der Waals surface area contributed by atoms with Gasteiger partial charge in [-0.25, -0.2) is 13.9 Å². The zero-order valence-corrected chi connectivity index (χ0v) is 17.7. The van der Waals surface area contributed by atoms with Crippen LogP contribution in [0.2, 0.25) is 0 Å². The molecular weight excluding hydrogens is 491 g/mol. The molecule has 0 aliphatic heterocycles. The van der Waals surface area contributed by atoms with Crippen LogP contribution in [-0.2, 0) is 11.3 Å². The summed E-state index contributed by atoms with van der Waals surface area (Å²) >= 11 is 0. The number of Topliss-reactive ketones (excluding diaryl/α,β-unsaturated/α-hetero) is 1. The van der Waals surface area contributed by atoms with Crippen molar-refractivity contribution in [1.82, 2.24) is 19.9 Å². The lowest BCUT2D eigenvalue weighted by atomic mass is 10.2. The predicted molar refractivity (Wildman–Crippen MR) is 106 cm³/mol. The lowest BCUT2D eigenvalue weighted by Crippen LogP contribution is -2.38. The van der Waals surface area contributed by atoms with Gasteiger partial charge < -0.3 is 15.0 Å². The molecule has 1 amide bonds. The minimum Gasteiger partial charge on any atom is -0.491 e. The first-order valence-corrected chi connectivity index (χ1v) is 9.70.